The number of carbonyl (C=O) groups excluding carboxylic acids is 1. The molecule has 6 heteroatoms. The lowest BCUT2D eigenvalue weighted by atomic mass is 9.99. The monoisotopic (exact) mass is 296 g/mol. The van der Waals surface area contributed by atoms with E-state index in [2.05, 4.69) is 10.6 Å². The summed E-state index contributed by atoms with van der Waals surface area (Å²) in [5.74, 6) is -0.308. The third kappa shape index (κ3) is 4.68. The Morgan fingerprint density at radius 2 is 2.19 bits per heavy atom. The lowest BCUT2D eigenvalue weighted by Gasteiger charge is -2.25. The molecule has 1 heterocycles. The van der Waals surface area contributed by atoms with Crippen molar-refractivity contribution in [2.75, 3.05) is 19.8 Å². The summed E-state index contributed by atoms with van der Waals surface area (Å²) in [6, 6.07) is 5.46. The Balaban J connectivity index is 2.01. The summed E-state index contributed by atoms with van der Waals surface area (Å²) in [4.78, 5) is 11.9. The molecule has 2 rings (SSSR count). The molecule has 0 aromatic heterocycles. The van der Waals surface area contributed by atoms with Crippen molar-refractivity contribution in [3.8, 4) is 0 Å². The first-order chi connectivity index (χ1) is 10.2. The molecule has 2 atom stereocenters. The summed E-state index contributed by atoms with van der Waals surface area (Å²) >= 11 is 0. The average molecular weight is 296 g/mol. The number of carbonyl (C=O) groups is 1. The van der Waals surface area contributed by atoms with Gasteiger partial charge in [-0.15, -0.1) is 0 Å². The van der Waals surface area contributed by atoms with Crippen LogP contribution in [-0.4, -0.2) is 37.0 Å². The lowest BCUT2D eigenvalue weighted by molar-refractivity contribution is 0.0807. The van der Waals surface area contributed by atoms with Crippen molar-refractivity contribution in [1.29, 1.82) is 0 Å². The molecule has 1 aromatic carbocycles. The number of ether oxygens (including phenoxy) is 1. The van der Waals surface area contributed by atoms with Crippen molar-refractivity contribution in [2.24, 2.45) is 0 Å². The molecular weight excluding hydrogens is 275 g/mol. The second-order valence-corrected chi connectivity index (χ2v) is 5.06. The zero-order chi connectivity index (χ0) is 15.1. The first-order valence-corrected chi connectivity index (χ1v) is 7.23. The van der Waals surface area contributed by atoms with Gasteiger partial charge < -0.3 is 20.5 Å². The smallest absolute Gasteiger partial charge is 0.315 e. The number of urea groups is 1. The second kappa shape index (κ2) is 7.95. The highest BCUT2D eigenvalue weighted by atomic mass is 19.1. The van der Waals surface area contributed by atoms with Gasteiger partial charge in [0.1, 0.15) is 5.82 Å². The number of amides is 2. The van der Waals surface area contributed by atoms with Crippen molar-refractivity contribution in [3.05, 3.63) is 35.6 Å². The minimum Gasteiger partial charge on any atom is -0.396 e. The molecule has 3 N–H and O–H groups in total. The van der Waals surface area contributed by atoms with E-state index in [1.807, 2.05) is 0 Å². The number of rotatable bonds is 6. The molecule has 0 saturated carbocycles. The lowest BCUT2D eigenvalue weighted by Crippen LogP contribution is -2.42. The minimum absolute atomic E-state index is 0.0351. The maximum absolute atomic E-state index is 13.0. The van der Waals surface area contributed by atoms with Gasteiger partial charge in [-0.1, -0.05) is 12.1 Å². The molecule has 1 aromatic rings. The first-order valence-electron chi connectivity index (χ1n) is 7.23. The van der Waals surface area contributed by atoms with Crippen LogP contribution in [0.1, 0.15) is 30.9 Å². The van der Waals surface area contributed by atoms with Gasteiger partial charge in [-0.05, 0) is 37.0 Å². The molecule has 1 saturated heterocycles. The highest BCUT2D eigenvalue weighted by Gasteiger charge is 2.28. The summed E-state index contributed by atoms with van der Waals surface area (Å²) in [5, 5.41) is 14.3. The molecule has 1 fully saturated rings. The van der Waals surface area contributed by atoms with Gasteiger partial charge in [0.05, 0.1) is 12.1 Å². The second-order valence-electron chi connectivity index (χ2n) is 5.06. The van der Waals surface area contributed by atoms with E-state index in [4.69, 9.17) is 9.84 Å². The van der Waals surface area contributed by atoms with Gasteiger partial charge >= 0.3 is 6.03 Å². The number of aliphatic hydroxyl groups excluding tert-OH is 1. The van der Waals surface area contributed by atoms with E-state index in [1.165, 1.54) is 12.1 Å². The summed E-state index contributed by atoms with van der Waals surface area (Å²) in [6.07, 6.45) is 2.23. The standard InChI is InChI=1S/C15H21FN2O3/c16-12-6-4-11(5-7-12)14(13-3-1-10-21-13)18-15(20)17-8-2-9-19/h4-7,13-14,19H,1-3,8-10H2,(H2,17,18,20)/t13-,14+/m0/s1. The van der Waals surface area contributed by atoms with Crippen LogP contribution in [0, 0.1) is 5.82 Å². The van der Waals surface area contributed by atoms with E-state index in [0.29, 0.717) is 19.6 Å². The van der Waals surface area contributed by atoms with Gasteiger partial charge in [0.25, 0.3) is 0 Å². The van der Waals surface area contributed by atoms with Gasteiger partial charge in [0, 0.05) is 19.8 Å². The van der Waals surface area contributed by atoms with Crippen LogP contribution in [0.15, 0.2) is 24.3 Å². The molecule has 0 unspecified atom stereocenters. The van der Waals surface area contributed by atoms with Crippen molar-refractivity contribution in [2.45, 2.75) is 31.4 Å². The minimum atomic E-state index is -0.312. The highest BCUT2D eigenvalue weighted by molar-refractivity contribution is 5.74. The number of aliphatic hydroxyl groups is 1. The van der Waals surface area contributed by atoms with Gasteiger partial charge in [-0.25, -0.2) is 9.18 Å². The van der Waals surface area contributed by atoms with Gasteiger partial charge in [0.2, 0.25) is 0 Å². The molecule has 21 heavy (non-hydrogen) atoms. The number of benzene rings is 1. The Morgan fingerprint density at radius 1 is 1.43 bits per heavy atom. The van der Waals surface area contributed by atoms with Crippen LogP contribution in [0.2, 0.25) is 0 Å². The molecule has 5 nitrogen and oxygen atoms in total. The summed E-state index contributed by atoms with van der Waals surface area (Å²) in [7, 11) is 0. The van der Waals surface area contributed by atoms with E-state index in [1.54, 1.807) is 12.1 Å². The SMILES string of the molecule is O=C(NCCCO)N[C@H](c1ccc(F)cc1)[C@@H]1CCCO1. The van der Waals surface area contributed by atoms with Crippen LogP contribution in [-0.2, 0) is 4.74 Å². The van der Waals surface area contributed by atoms with Gasteiger partial charge in [0.15, 0.2) is 0 Å². The molecular formula is C15H21FN2O3. The third-order valence-electron chi connectivity index (χ3n) is 3.47. The molecule has 0 radical (unpaired) electrons. The van der Waals surface area contributed by atoms with Crippen molar-refractivity contribution in [3.63, 3.8) is 0 Å². The molecule has 0 spiro atoms. The van der Waals surface area contributed by atoms with Crippen molar-refractivity contribution < 1.29 is 19.0 Å². The predicted octanol–water partition coefficient (Wildman–Crippen LogP) is 1.73. The number of hydrogen-bond acceptors (Lipinski definition) is 3. The number of hydrogen-bond donors (Lipinski definition) is 3. The first kappa shape index (κ1) is 15.7. The number of nitrogens with one attached hydrogen (secondary N) is 2. The molecule has 1 aliphatic rings. The fraction of sp³-hybridized carbons (Fsp3) is 0.533. The molecule has 0 bridgehead atoms. The summed E-state index contributed by atoms with van der Waals surface area (Å²) < 4.78 is 18.7. The van der Waals surface area contributed by atoms with E-state index < -0.39 is 0 Å². The third-order valence-corrected chi connectivity index (χ3v) is 3.47. The van der Waals surface area contributed by atoms with E-state index in [-0.39, 0.29) is 30.6 Å². The molecule has 116 valence electrons. The van der Waals surface area contributed by atoms with E-state index in [9.17, 15) is 9.18 Å². The van der Waals surface area contributed by atoms with Gasteiger partial charge in [-0.2, -0.15) is 0 Å². The van der Waals surface area contributed by atoms with Crippen LogP contribution in [0.5, 0.6) is 0 Å². The Hall–Kier alpha value is -1.66. The highest BCUT2D eigenvalue weighted by Crippen LogP contribution is 2.27. The Morgan fingerprint density at radius 3 is 2.81 bits per heavy atom. The fourth-order valence-corrected chi connectivity index (χ4v) is 2.40. The quantitative estimate of drug-likeness (QED) is 0.700. The van der Waals surface area contributed by atoms with Gasteiger partial charge in [-0.3, -0.25) is 0 Å². The fourth-order valence-electron chi connectivity index (χ4n) is 2.40. The topological polar surface area (TPSA) is 70.6 Å². The normalized spacial score (nSPS) is 19.2. The maximum atomic E-state index is 13.0. The van der Waals surface area contributed by atoms with Crippen molar-refractivity contribution in [1.82, 2.24) is 10.6 Å². The Bertz CT molecular complexity index is 447. The molecule has 0 aliphatic carbocycles. The van der Waals surface area contributed by atoms with Crippen molar-refractivity contribution >= 4 is 6.03 Å². The number of halogens is 1. The Kier molecular flexibility index (Phi) is 5.95. The van der Waals surface area contributed by atoms with Crippen LogP contribution in [0.3, 0.4) is 0 Å². The van der Waals surface area contributed by atoms with E-state index in [0.717, 1.165) is 18.4 Å². The van der Waals surface area contributed by atoms with E-state index >= 15 is 0 Å². The zero-order valence-corrected chi connectivity index (χ0v) is 11.8. The maximum Gasteiger partial charge on any atom is 0.315 e. The summed E-state index contributed by atoms with van der Waals surface area (Å²) in [5.41, 5.74) is 0.820. The summed E-state index contributed by atoms with van der Waals surface area (Å²) in [6.45, 7) is 1.12. The predicted molar refractivity (Wildman–Crippen MR) is 76.4 cm³/mol. The molecule has 1 aliphatic heterocycles. The van der Waals surface area contributed by atoms with Crippen LogP contribution < -0.4 is 10.6 Å². The van der Waals surface area contributed by atoms with Crippen LogP contribution in [0.25, 0.3) is 0 Å². The Labute approximate surface area is 123 Å². The average Bonchev–Trinajstić information content (AvgIpc) is 3.00. The largest absolute Gasteiger partial charge is 0.396 e. The molecule has 2 amide bonds. The zero-order valence-electron chi connectivity index (χ0n) is 11.8. The van der Waals surface area contributed by atoms with Crippen LogP contribution in [0.4, 0.5) is 9.18 Å². The van der Waals surface area contributed by atoms with Crippen LogP contribution >= 0.6 is 0 Å².